The first-order valence-corrected chi connectivity index (χ1v) is 10.7. The highest BCUT2D eigenvalue weighted by Crippen LogP contribution is 2.28. The number of hydrogen-bond acceptors (Lipinski definition) is 4. The van der Waals surface area contributed by atoms with Crippen LogP contribution in [0.2, 0.25) is 0 Å². The molecule has 28 heavy (non-hydrogen) atoms. The lowest BCUT2D eigenvalue weighted by molar-refractivity contribution is -0.936. The summed E-state index contributed by atoms with van der Waals surface area (Å²) in [5.41, 5.74) is 2.13. The number of imide groups is 1. The Kier molecular flexibility index (Phi) is 4.45. The van der Waals surface area contributed by atoms with Gasteiger partial charge in [0.25, 0.3) is 11.8 Å². The predicted octanol–water partition coefficient (Wildman–Crippen LogP) is 2.70. The van der Waals surface area contributed by atoms with Gasteiger partial charge in [-0.05, 0) is 37.1 Å². The van der Waals surface area contributed by atoms with E-state index in [0.717, 1.165) is 25.0 Å². The molecule has 0 aliphatic carbocycles. The number of quaternary nitrogens is 1. The summed E-state index contributed by atoms with van der Waals surface area (Å²) in [6, 6.07) is 15.7. The Morgan fingerprint density at radius 2 is 1.71 bits per heavy atom. The molecular weight excluding hydrogens is 370 g/mol. The van der Waals surface area contributed by atoms with Crippen LogP contribution >= 0.6 is 11.3 Å². The maximum atomic E-state index is 12.6. The Labute approximate surface area is 167 Å². The summed E-state index contributed by atoms with van der Waals surface area (Å²) >= 11 is 1.78. The first kappa shape index (κ1) is 17.5. The summed E-state index contributed by atoms with van der Waals surface area (Å²) in [7, 11) is 0. The van der Waals surface area contributed by atoms with Crippen molar-refractivity contribution in [3.8, 4) is 0 Å². The molecule has 5 nitrogen and oxygen atoms in total. The number of benzene rings is 2. The fourth-order valence-electron chi connectivity index (χ4n) is 4.41. The summed E-state index contributed by atoms with van der Waals surface area (Å²) in [4.78, 5) is 33.0. The third-order valence-corrected chi connectivity index (χ3v) is 7.03. The number of amides is 2. The summed E-state index contributed by atoms with van der Waals surface area (Å²) in [5, 5.41) is 1.18. The summed E-state index contributed by atoms with van der Waals surface area (Å²) in [5.74, 6) is -0.318. The number of hydrogen-bond donors (Lipinski definition) is 1. The van der Waals surface area contributed by atoms with Crippen LogP contribution in [0.5, 0.6) is 0 Å². The maximum Gasteiger partial charge on any atom is 0.261 e. The largest absolute Gasteiger partial charge is 0.325 e. The summed E-state index contributed by atoms with van der Waals surface area (Å²) in [6.07, 6.45) is 3.49. The molecule has 2 aliphatic rings. The molecule has 0 bridgehead atoms. The number of nitrogens with zero attached hydrogens (tertiary/aromatic N) is 2. The van der Waals surface area contributed by atoms with Crippen molar-refractivity contribution in [3.05, 3.63) is 64.7 Å². The molecule has 2 aromatic carbocycles. The van der Waals surface area contributed by atoms with Crippen LogP contribution < -0.4 is 4.90 Å². The van der Waals surface area contributed by atoms with Crippen molar-refractivity contribution in [2.75, 3.05) is 19.6 Å². The van der Waals surface area contributed by atoms with Gasteiger partial charge in [0.2, 0.25) is 0 Å². The van der Waals surface area contributed by atoms with Crippen molar-refractivity contribution in [2.45, 2.75) is 25.3 Å². The SMILES string of the molecule is O=C1c2ccccc2C(=O)N1CC[NH+]1CCCC[C@@H]1c1nc2ccccc2s1. The fourth-order valence-corrected chi connectivity index (χ4v) is 5.57. The molecule has 2 atom stereocenters. The maximum absolute atomic E-state index is 12.6. The molecule has 0 spiro atoms. The van der Waals surface area contributed by atoms with Crippen LogP contribution in [0.4, 0.5) is 0 Å². The van der Waals surface area contributed by atoms with E-state index in [9.17, 15) is 9.59 Å². The van der Waals surface area contributed by atoms with Crippen LogP contribution in [-0.4, -0.2) is 41.3 Å². The van der Waals surface area contributed by atoms with Gasteiger partial charge in [0.1, 0.15) is 6.04 Å². The van der Waals surface area contributed by atoms with Gasteiger partial charge in [-0.15, -0.1) is 11.3 Å². The first-order chi connectivity index (χ1) is 13.7. The third kappa shape index (κ3) is 2.93. The van der Waals surface area contributed by atoms with E-state index in [1.807, 2.05) is 18.2 Å². The topological polar surface area (TPSA) is 54.7 Å². The van der Waals surface area contributed by atoms with Crippen molar-refractivity contribution in [2.24, 2.45) is 0 Å². The predicted molar refractivity (Wildman–Crippen MR) is 109 cm³/mol. The zero-order chi connectivity index (χ0) is 19.1. The average Bonchev–Trinajstić information content (AvgIpc) is 3.27. The minimum atomic E-state index is -0.159. The van der Waals surface area contributed by atoms with Crippen LogP contribution in [0.3, 0.4) is 0 Å². The molecular formula is C22H22N3O2S+. The Bertz CT molecular complexity index is 993. The smallest absolute Gasteiger partial charge is 0.261 e. The highest BCUT2D eigenvalue weighted by Gasteiger charge is 2.37. The van der Waals surface area contributed by atoms with Gasteiger partial charge in [-0.1, -0.05) is 24.3 Å². The van der Waals surface area contributed by atoms with Gasteiger partial charge < -0.3 is 4.90 Å². The lowest BCUT2D eigenvalue weighted by Gasteiger charge is -2.32. The molecule has 1 unspecified atom stereocenters. The highest BCUT2D eigenvalue weighted by molar-refractivity contribution is 7.18. The molecule has 3 heterocycles. The zero-order valence-corrected chi connectivity index (χ0v) is 16.4. The number of thiazole rings is 1. The molecule has 1 saturated heterocycles. The minimum absolute atomic E-state index is 0.159. The number of fused-ring (bicyclic) bond motifs is 2. The molecule has 0 saturated carbocycles. The van der Waals surface area contributed by atoms with Crippen LogP contribution in [-0.2, 0) is 0 Å². The van der Waals surface area contributed by atoms with Crippen LogP contribution in [0.1, 0.15) is 51.0 Å². The van der Waals surface area contributed by atoms with Crippen molar-refractivity contribution < 1.29 is 14.5 Å². The summed E-state index contributed by atoms with van der Waals surface area (Å²) in [6.45, 7) is 2.29. The second-order valence-corrected chi connectivity index (χ2v) is 8.60. The van der Waals surface area contributed by atoms with Gasteiger partial charge in [-0.2, -0.15) is 0 Å². The van der Waals surface area contributed by atoms with Crippen molar-refractivity contribution in [1.29, 1.82) is 0 Å². The molecule has 6 heteroatoms. The van der Waals surface area contributed by atoms with Gasteiger partial charge in [-0.3, -0.25) is 14.5 Å². The standard InChI is InChI=1S/C22H21N3O2S/c26-21-15-7-1-2-8-16(15)22(27)25(21)14-13-24-12-6-5-10-18(24)20-23-17-9-3-4-11-19(17)28-20/h1-4,7-9,11,18H,5-6,10,12-14H2/p+1/t18-/m1/s1. The Morgan fingerprint density at radius 1 is 1.00 bits per heavy atom. The molecule has 1 N–H and O–H groups in total. The van der Waals surface area contributed by atoms with Gasteiger partial charge in [0.05, 0.1) is 41.0 Å². The van der Waals surface area contributed by atoms with Crippen LogP contribution in [0.15, 0.2) is 48.5 Å². The molecule has 2 amide bonds. The Morgan fingerprint density at radius 3 is 2.46 bits per heavy atom. The number of carbonyl (C=O) groups excluding carboxylic acids is 2. The number of likely N-dealkylation sites (tertiary alicyclic amines) is 1. The summed E-state index contributed by atoms with van der Waals surface area (Å²) < 4.78 is 1.22. The number of nitrogens with one attached hydrogen (secondary N) is 1. The van der Waals surface area contributed by atoms with Crippen molar-refractivity contribution in [3.63, 3.8) is 0 Å². The highest BCUT2D eigenvalue weighted by atomic mass is 32.1. The van der Waals surface area contributed by atoms with E-state index >= 15 is 0 Å². The van der Waals surface area contributed by atoms with Crippen molar-refractivity contribution in [1.82, 2.24) is 9.88 Å². The van der Waals surface area contributed by atoms with E-state index in [4.69, 9.17) is 4.98 Å². The van der Waals surface area contributed by atoms with E-state index in [2.05, 4.69) is 18.2 Å². The van der Waals surface area contributed by atoms with Crippen molar-refractivity contribution >= 4 is 33.4 Å². The number of aromatic nitrogens is 1. The first-order valence-electron chi connectivity index (χ1n) is 9.87. The van der Waals surface area contributed by atoms with Crippen LogP contribution in [0, 0.1) is 0 Å². The Hall–Kier alpha value is -2.57. The second-order valence-electron chi connectivity index (χ2n) is 7.53. The van der Waals surface area contributed by atoms with Gasteiger partial charge in [0.15, 0.2) is 5.01 Å². The third-order valence-electron chi connectivity index (χ3n) is 5.88. The molecule has 142 valence electrons. The minimum Gasteiger partial charge on any atom is -0.325 e. The molecule has 5 rings (SSSR count). The van der Waals surface area contributed by atoms with Gasteiger partial charge >= 0.3 is 0 Å². The van der Waals surface area contributed by atoms with E-state index in [0.29, 0.717) is 23.7 Å². The van der Waals surface area contributed by atoms with E-state index in [1.165, 1.54) is 32.3 Å². The molecule has 1 fully saturated rings. The monoisotopic (exact) mass is 392 g/mol. The lowest BCUT2D eigenvalue weighted by Crippen LogP contribution is -3.13. The van der Waals surface area contributed by atoms with E-state index in [-0.39, 0.29) is 11.8 Å². The molecule has 1 aromatic heterocycles. The van der Waals surface area contributed by atoms with Crippen LogP contribution in [0.25, 0.3) is 10.2 Å². The normalized spacial score (nSPS) is 22.1. The fraction of sp³-hybridized carbons (Fsp3) is 0.318. The number of piperidine rings is 1. The van der Waals surface area contributed by atoms with Gasteiger partial charge in [-0.25, -0.2) is 4.98 Å². The molecule has 2 aliphatic heterocycles. The Balaban J connectivity index is 1.34. The van der Waals surface area contributed by atoms with Gasteiger partial charge in [0, 0.05) is 6.42 Å². The average molecular weight is 393 g/mol. The molecule has 0 radical (unpaired) electrons. The number of para-hydroxylation sites is 1. The van der Waals surface area contributed by atoms with E-state index < -0.39 is 0 Å². The number of carbonyl (C=O) groups is 2. The van der Waals surface area contributed by atoms with E-state index in [1.54, 1.807) is 23.5 Å². The second kappa shape index (κ2) is 7.11. The molecule has 3 aromatic rings. The zero-order valence-electron chi connectivity index (χ0n) is 15.6. The quantitative estimate of drug-likeness (QED) is 0.695. The number of rotatable bonds is 4. The lowest BCUT2D eigenvalue weighted by atomic mass is 10.0.